The highest BCUT2D eigenvalue weighted by Gasteiger charge is 2.25. The number of hydrogen-bond donors (Lipinski definition) is 1. The first-order valence-electron chi connectivity index (χ1n) is 8.18. The lowest BCUT2D eigenvalue weighted by molar-refractivity contribution is 0.0663. The fraction of sp³-hybridized carbons (Fsp3) is 0.800. The van der Waals surface area contributed by atoms with Gasteiger partial charge >= 0.3 is 0 Å². The SMILES string of the molecule is CCOCCN(CC)C(=O)c1nnn(C2CCNCC2)c1C.Cl. The molecule has 132 valence electrons. The molecule has 1 aliphatic rings. The van der Waals surface area contributed by atoms with E-state index >= 15 is 0 Å². The Bertz CT molecular complexity index is 488. The molecule has 1 aromatic rings. The number of aromatic nitrogens is 3. The molecule has 1 amide bonds. The van der Waals surface area contributed by atoms with Crippen molar-refractivity contribution in [2.45, 2.75) is 39.7 Å². The van der Waals surface area contributed by atoms with Gasteiger partial charge < -0.3 is 15.0 Å². The van der Waals surface area contributed by atoms with E-state index in [1.165, 1.54) is 0 Å². The first kappa shape index (κ1) is 19.9. The Morgan fingerprint density at radius 3 is 2.70 bits per heavy atom. The van der Waals surface area contributed by atoms with Crippen molar-refractivity contribution >= 4 is 18.3 Å². The van der Waals surface area contributed by atoms with Crippen molar-refractivity contribution in [1.29, 1.82) is 0 Å². The van der Waals surface area contributed by atoms with Gasteiger partial charge in [-0.2, -0.15) is 0 Å². The van der Waals surface area contributed by atoms with E-state index < -0.39 is 0 Å². The van der Waals surface area contributed by atoms with Gasteiger partial charge in [0.25, 0.3) is 5.91 Å². The number of nitrogens with one attached hydrogen (secondary N) is 1. The second-order valence-corrected chi connectivity index (χ2v) is 5.53. The number of hydrogen-bond acceptors (Lipinski definition) is 5. The number of nitrogens with zero attached hydrogens (tertiary/aromatic N) is 4. The van der Waals surface area contributed by atoms with Crippen LogP contribution < -0.4 is 5.32 Å². The van der Waals surface area contributed by atoms with Crippen LogP contribution >= 0.6 is 12.4 Å². The third kappa shape index (κ3) is 4.89. The minimum absolute atomic E-state index is 0. The van der Waals surface area contributed by atoms with Crippen LogP contribution in [0.25, 0.3) is 0 Å². The zero-order valence-electron chi connectivity index (χ0n) is 14.2. The lowest BCUT2D eigenvalue weighted by Gasteiger charge is -2.24. The predicted molar refractivity (Wildman–Crippen MR) is 91.2 cm³/mol. The molecule has 1 aromatic heterocycles. The molecule has 2 heterocycles. The summed E-state index contributed by atoms with van der Waals surface area (Å²) >= 11 is 0. The van der Waals surface area contributed by atoms with Crippen LogP contribution in [-0.2, 0) is 4.74 Å². The summed E-state index contributed by atoms with van der Waals surface area (Å²) in [4.78, 5) is 14.4. The molecule has 0 radical (unpaired) electrons. The number of carbonyl (C=O) groups is 1. The van der Waals surface area contributed by atoms with Gasteiger partial charge in [0.2, 0.25) is 0 Å². The second kappa shape index (κ2) is 9.85. The molecule has 0 aliphatic carbocycles. The third-order valence-electron chi connectivity index (χ3n) is 4.16. The van der Waals surface area contributed by atoms with E-state index in [-0.39, 0.29) is 18.3 Å². The molecule has 0 bridgehead atoms. The molecule has 1 fully saturated rings. The number of ether oxygens (including phenoxy) is 1. The topological polar surface area (TPSA) is 72.3 Å². The van der Waals surface area contributed by atoms with Crippen LogP contribution in [0.5, 0.6) is 0 Å². The molecule has 1 N–H and O–H groups in total. The van der Waals surface area contributed by atoms with Crippen molar-refractivity contribution in [3.05, 3.63) is 11.4 Å². The van der Waals surface area contributed by atoms with E-state index in [1.54, 1.807) is 4.90 Å². The third-order valence-corrected chi connectivity index (χ3v) is 4.16. The van der Waals surface area contributed by atoms with Crippen LogP contribution in [0.2, 0.25) is 0 Å². The van der Waals surface area contributed by atoms with Gasteiger partial charge in [-0.15, -0.1) is 17.5 Å². The predicted octanol–water partition coefficient (Wildman–Crippen LogP) is 1.43. The molecule has 1 aliphatic heterocycles. The Kier molecular flexibility index (Phi) is 8.51. The molecule has 0 aromatic carbocycles. The lowest BCUT2D eigenvalue weighted by atomic mass is 10.1. The Labute approximate surface area is 144 Å². The molecular formula is C15H28ClN5O2. The number of likely N-dealkylation sites (N-methyl/N-ethyl adjacent to an activating group) is 1. The maximum Gasteiger partial charge on any atom is 0.276 e. The van der Waals surface area contributed by atoms with Gasteiger partial charge in [-0.1, -0.05) is 5.21 Å². The molecule has 0 saturated carbocycles. The summed E-state index contributed by atoms with van der Waals surface area (Å²) in [6.07, 6.45) is 2.05. The van der Waals surface area contributed by atoms with E-state index in [2.05, 4.69) is 15.6 Å². The number of rotatable bonds is 7. The van der Waals surface area contributed by atoms with Crippen molar-refractivity contribution in [1.82, 2.24) is 25.2 Å². The van der Waals surface area contributed by atoms with Gasteiger partial charge in [-0.3, -0.25) is 4.79 Å². The fourth-order valence-corrected chi connectivity index (χ4v) is 2.81. The van der Waals surface area contributed by atoms with Gasteiger partial charge in [0.1, 0.15) is 0 Å². The second-order valence-electron chi connectivity index (χ2n) is 5.53. The van der Waals surface area contributed by atoms with E-state index in [1.807, 2.05) is 25.5 Å². The molecule has 8 heteroatoms. The molecular weight excluding hydrogens is 318 g/mol. The van der Waals surface area contributed by atoms with Gasteiger partial charge in [0, 0.05) is 19.7 Å². The zero-order chi connectivity index (χ0) is 15.9. The molecule has 0 atom stereocenters. The molecule has 0 unspecified atom stereocenters. The Hall–Kier alpha value is -1.18. The Balaban J connectivity index is 0.00000264. The van der Waals surface area contributed by atoms with Crippen LogP contribution in [-0.4, -0.2) is 65.2 Å². The molecule has 0 spiro atoms. The number of amides is 1. The van der Waals surface area contributed by atoms with Crippen LogP contribution in [0, 0.1) is 6.92 Å². The average molecular weight is 346 g/mol. The Morgan fingerprint density at radius 1 is 1.39 bits per heavy atom. The Morgan fingerprint density at radius 2 is 2.09 bits per heavy atom. The maximum absolute atomic E-state index is 12.6. The van der Waals surface area contributed by atoms with Crippen molar-refractivity contribution in [2.75, 3.05) is 39.4 Å². The summed E-state index contributed by atoms with van der Waals surface area (Å²) in [6, 6.07) is 0.341. The first-order valence-corrected chi connectivity index (χ1v) is 8.18. The number of halogens is 1. The standard InChI is InChI=1S/C15H27N5O2.ClH/c1-4-19(10-11-22-5-2)15(21)14-12(3)20(18-17-14)13-6-8-16-9-7-13;/h13,16H,4-11H2,1-3H3;1H. The lowest BCUT2D eigenvalue weighted by Crippen LogP contribution is -2.34. The van der Waals surface area contributed by atoms with E-state index in [9.17, 15) is 4.79 Å². The zero-order valence-corrected chi connectivity index (χ0v) is 15.1. The molecule has 2 rings (SSSR count). The summed E-state index contributed by atoms with van der Waals surface area (Å²) in [6.45, 7) is 10.3. The van der Waals surface area contributed by atoms with E-state index in [0.29, 0.717) is 38.0 Å². The highest BCUT2D eigenvalue weighted by Crippen LogP contribution is 2.20. The maximum atomic E-state index is 12.6. The average Bonchev–Trinajstić information content (AvgIpc) is 2.93. The van der Waals surface area contributed by atoms with Gasteiger partial charge in [0.05, 0.1) is 18.3 Å². The van der Waals surface area contributed by atoms with Crippen LogP contribution in [0.1, 0.15) is 48.9 Å². The summed E-state index contributed by atoms with van der Waals surface area (Å²) in [5.41, 5.74) is 1.34. The summed E-state index contributed by atoms with van der Waals surface area (Å²) in [5, 5.41) is 11.7. The minimum atomic E-state index is -0.0557. The monoisotopic (exact) mass is 345 g/mol. The largest absolute Gasteiger partial charge is 0.380 e. The molecule has 23 heavy (non-hydrogen) atoms. The number of carbonyl (C=O) groups excluding carboxylic acids is 1. The highest BCUT2D eigenvalue weighted by molar-refractivity contribution is 5.93. The fourth-order valence-electron chi connectivity index (χ4n) is 2.81. The van der Waals surface area contributed by atoms with Crippen LogP contribution in [0.3, 0.4) is 0 Å². The highest BCUT2D eigenvalue weighted by atomic mass is 35.5. The van der Waals surface area contributed by atoms with Crippen molar-refractivity contribution < 1.29 is 9.53 Å². The summed E-state index contributed by atoms with van der Waals surface area (Å²) in [5.74, 6) is -0.0557. The number of piperidine rings is 1. The molecule has 7 nitrogen and oxygen atoms in total. The van der Waals surface area contributed by atoms with Crippen molar-refractivity contribution in [2.24, 2.45) is 0 Å². The van der Waals surface area contributed by atoms with Crippen LogP contribution in [0.4, 0.5) is 0 Å². The van der Waals surface area contributed by atoms with Crippen molar-refractivity contribution in [3.63, 3.8) is 0 Å². The summed E-state index contributed by atoms with van der Waals surface area (Å²) in [7, 11) is 0. The van der Waals surface area contributed by atoms with Gasteiger partial charge in [-0.05, 0) is 46.7 Å². The molecule has 1 saturated heterocycles. The quantitative estimate of drug-likeness (QED) is 0.757. The van der Waals surface area contributed by atoms with E-state index in [4.69, 9.17) is 4.74 Å². The van der Waals surface area contributed by atoms with Crippen molar-refractivity contribution in [3.8, 4) is 0 Å². The first-order chi connectivity index (χ1) is 10.7. The van der Waals surface area contributed by atoms with Crippen LogP contribution in [0.15, 0.2) is 0 Å². The summed E-state index contributed by atoms with van der Waals surface area (Å²) < 4.78 is 7.26. The van der Waals surface area contributed by atoms with Gasteiger partial charge in [0.15, 0.2) is 5.69 Å². The van der Waals surface area contributed by atoms with Gasteiger partial charge in [-0.25, -0.2) is 4.68 Å². The normalized spacial score (nSPS) is 15.3. The van der Waals surface area contributed by atoms with E-state index in [0.717, 1.165) is 31.6 Å². The minimum Gasteiger partial charge on any atom is -0.380 e. The smallest absolute Gasteiger partial charge is 0.276 e.